The molecule has 0 radical (unpaired) electrons. The van der Waals surface area contributed by atoms with E-state index in [1.165, 1.54) is 38.2 Å². The lowest BCUT2D eigenvalue weighted by molar-refractivity contribution is 0.367. The summed E-state index contributed by atoms with van der Waals surface area (Å²) >= 11 is 0. The molecule has 136 valence electrons. The zero-order valence-corrected chi connectivity index (χ0v) is 15.4. The quantitative estimate of drug-likeness (QED) is 0.624. The van der Waals surface area contributed by atoms with Gasteiger partial charge in [-0.15, -0.1) is 0 Å². The van der Waals surface area contributed by atoms with Gasteiger partial charge >= 0.3 is 0 Å². The smallest absolute Gasteiger partial charge is 0.123 e. The van der Waals surface area contributed by atoms with Gasteiger partial charge in [0.05, 0.1) is 6.26 Å². The summed E-state index contributed by atoms with van der Waals surface area (Å²) in [6, 6.07) is 6.74. The van der Waals surface area contributed by atoms with E-state index in [4.69, 9.17) is 10.8 Å². The molecular weight excluding hydrogens is 300 g/mol. The highest BCUT2D eigenvalue weighted by atomic mass is 16.3. The molecule has 0 aliphatic heterocycles. The Balaban J connectivity index is 0.000000505. The summed E-state index contributed by atoms with van der Waals surface area (Å²) < 4.78 is 0. The molecule has 0 heterocycles. The summed E-state index contributed by atoms with van der Waals surface area (Å²) in [5.41, 5.74) is 6.95. The molecule has 0 bridgehead atoms. The first-order valence-corrected chi connectivity index (χ1v) is 8.94. The minimum absolute atomic E-state index is 0.00900. The molecule has 0 spiro atoms. The van der Waals surface area contributed by atoms with Crippen molar-refractivity contribution >= 4 is 0 Å². The fourth-order valence-electron chi connectivity index (χ4n) is 2.96. The monoisotopic (exact) mass is 334 g/mol. The molecular formula is C20H34N2O2. The first-order valence-electron chi connectivity index (χ1n) is 8.94. The second-order valence-electron chi connectivity index (χ2n) is 7.40. The highest BCUT2D eigenvalue weighted by Crippen LogP contribution is 2.33. The summed E-state index contributed by atoms with van der Waals surface area (Å²) in [6.07, 6.45) is 9.00. The number of aliphatic hydroxyl groups is 1. The van der Waals surface area contributed by atoms with E-state index in [0.717, 1.165) is 23.9 Å². The Hall–Kier alpha value is -1.52. The molecule has 0 saturated heterocycles. The number of nitrogens with one attached hydrogen (secondary N) is 1. The average Bonchev–Trinajstić information content (AvgIpc) is 2.55. The van der Waals surface area contributed by atoms with Gasteiger partial charge in [0, 0.05) is 24.7 Å². The maximum atomic E-state index is 10.4. The van der Waals surface area contributed by atoms with Crippen LogP contribution in [0.4, 0.5) is 0 Å². The minimum Gasteiger partial charge on any atom is -0.516 e. The number of phenolic OH excluding ortho intramolecular Hbond substituents is 1. The number of aromatic hydroxyl groups is 1. The molecule has 1 saturated carbocycles. The van der Waals surface area contributed by atoms with Gasteiger partial charge < -0.3 is 21.3 Å². The number of para-hydroxylation sites is 1. The third-order valence-electron chi connectivity index (χ3n) is 4.36. The van der Waals surface area contributed by atoms with E-state index in [1.807, 2.05) is 12.1 Å². The Morgan fingerprint density at radius 1 is 1.21 bits per heavy atom. The lowest BCUT2D eigenvalue weighted by Gasteiger charge is -2.25. The predicted octanol–water partition coefficient (Wildman–Crippen LogP) is 4.13. The van der Waals surface area contributed by atoms with Crippen LogP contribution in [0.1, 0.15) is 64.0 Å². The summed E-state index contributed by atoms with van der Waals surface area (Å²) in [5.74, 6) is 0.471. The van der Waals surface area contributed by atoms with E-state index >= 15 is 0 Å². The zero-order chi connectivity index (χ0) is 18.0. The van der Waals surface area contributed by atoms with Gasteiger partial charge in [-0.25, -0.2) is 0 Å². The van der Waals surface area contributed by atoms with Crippen molar-refractivity contribution in [3.8, 4) is 5.75 Å². The van der Waals surface area contributed by atoms with Crippen molar-refractivity contribution in [1.29, 1.82) is 0 Å². The molecule has 0 atom stereocenters. The van der Waals surface area contributed by atoms with Crippen molar-refractivity contribution in [2.45, 2.75) is 70.9 Å². The molecule has 5 N–H and O–H groups in total. The highest BCUT2D eigenvalue weighted by Gasteiger charge is 2.20. The normalized spacial score (nSPS) is 16.0. The predicted molar refractivity (Wildman–Crippen MR) is 101 cm³/mol. The third kappa shape index (κ3) is 6.93. The van der Waals surface area contributed by atoms with Gasteiger partial charge in [-0.1, -0.05) is 58.2 Å². The Bertz CT molecular complexity index is 501. The van der Waals surface area contributed by atoms with Crippen molar-refractivity contribution in [2.24, 2.45) is 5.73 Å². The molecule has 1 aromatic carbocycles. The fourth-order valence-corrected chi connectivity index (χ4v) is 2.96. The summed E-state index contributed by atoms with van der Waals surface area (Å²) in [6.45, 7) is 7.61. The van der Waals surface area contributed by atoms with E-state index < -0.39 is 0 Å². The van der Waals surface area contributed by atoms with Crippen molar-refractivity contribution in [3.63, 3.8) is 0 Å². The maximum Gasteiger partial charge on any atom is 0.123 e. The van der Waals surface area contributed by atoms with Crippen LogP contribution in [0, 0.1) is 0 Å². The van der Waals surface area contributed by atoms with Crippen LogP contribution in [0.2, 0.25) is 0 Å². The van der Waals surface area contributed by atoms with Crippen LogP contribution >= 0.6 is 0 Å². The number of phenols is 1. The fraction of sp³-hybridized carbons (Fsp3) is 0.600. The number of rotatable bonds is 4. The number of hydrogen-bond acceptors (Lipinski definition) is 4. The minimum atomic E-state index is -0.00900. The molecule has 1 aliphatic carbocycles. The van der Waals surface area contributed by atoms with Crippen LogP contribution in [0.3, 0.4) is 0 Å². The lowest BCUT2D eigenvalue weighted by atomic mass is 9.85. The Morgan fingerprint density at radius 2 is 1.88 bits per heavy atom. The average molecular weight is 335 g/mol. The van der Waals surface area contributed by atoms with Crippen LogP contribution in [-0.2, 0) is 12.0 Å². The summed E-state index contributed by atoms with van der Waals surface area (Å²) in [4.78, 5) is 0. The van der Waals surface area contributed by atoms with Gasteiger partial charge in [-0.05, 0) is 29.9 Å². The Labute approximate surface area is 146 Å². The maximum absolute atomic E-state index is 10.4. The lowest BCUT2D eigenvalue weighted by Crippen LogP contribution is -2.30. The summed E-state index contributed by atoms with van der Waals surface area (Å²) in [7, 11) is 0. The molecule has 4 heteroatoms. The van der Waals surface area contributed by atoms with Gasteiger partial charge in [-0.3, -0.25) is 0 Å². The SMILES string of the molecule is CC(C)(C)c1cccc(CNC2CCCCC2)c1O.NC/C=C\O. The van der Waals surface area contributed by atoms with Crippen molar-refractivity contribution in [3.05, 3.63) is 41.7 Å². The number of hydrogen-bond donors (Lipinski definition) is 4. The molecule has 0 unspecified atom stereocenters. The molecule has 4 nitrogen and oxygen atoms in total. The molecule has 1 aliphatic rings. The van der Waals surface area contributed by atoms with Crippen molar-refractivity contribution in [2.75, 3.05) is 6.54 Å². The van der Waals surface area contributed by atoms with E-state index in [0.29, 0.717) is 18.3 Å². The van der Waals surface area contributed by atoms with E-state index in [-0.39, 0.29) is 5.41 Å². The highest BCUT2D eigenvalue weighted by molar-refractivity contribution is 5.43. The second kappa shape index (κ2) is 10.4. The van der Waals surface area contributed by atoms with Gasteiger partial charge in [0.1, 0.15) is 5.75 Å². The zero-order valence-electron chi connectivity index (χ0n) is 15.4. The first-order chi connectivity index (χ1) is 11.4. The van der Waals surface area contributed by atoms with Gasteiger partial charge in [0.15, 0.2) is 0 Å². The molecule has 2 rings (SSSR count). The van der Waals surface area contributed by atoms with Crippen molar-refractivity contribution in [1.82, 2.24) is 5.32 Å². The summed E-state index contributed by atoms with van der Waals surface area (Å²) in [5, 5.41) is 21.8. The van der Waals surface area contributed by atoms with Crippen molar-refractivity contribution < 1.29 is 10.2 Å². The number of nitrogens with two attached hydrogens (primary N) is 1. The van der Waals surface area contributed by atoms with Crippen LogP contribution in [0.5, 0.6) is 5.75 Å². The molecule has 24 heavy (non-hydrogen) atoms. The van der Waals surface area contributed by atoms with E-state index in [2.05, 4.69) is 32.2 Å². The standard InChI is InChI=1S/C17H27NO.C3H7NO/c1-17(2,3)15-11-7-8-13(16(15)19)12-18-14-9-5-4-6-10-14;4-2-1-3-5/h7-8,11,14,18-19H,4-6,9-10,12H2,1-3H3;1,3,5H,2,4H2/b;3-1-. The topological polar surface area (TPSA) is 78.5 Å². The molecule has 0 amide bonds. The van der Waals surface area contributed by atoms with Gasteiger partial charge in [0.2, 0.25) is 0 Å². The van der Waals surface area contributed by atoms with Crippen LogP contribution in [0.15, 0.2) is 30.5 Å². The van der Waals surface area contributed by atoms with E-state index in [9.17, 15) is 5.11 Å². The van der Waals surface area contributed by atoms with E-state index in [1.54, 1.807) is 0 Å². The molecule has 0 aromatic heterocycles. The number of aliphatic hydroxyl groups excluding tert-OH is 1. The van der Waals surface area contributed by atoms with Crippen LogP contribution in [-0.4, -0.2) is 22.8 Å². The first kappa shape index (κ1) is 20.5. The third-order valence-corrected chi connectivity index (χ3v) is 4.36. The Morgan fingerprint density at radius 3 is 2.38 bits per heavy atom. The molecule has 1 aromatic rings. The number of benzene rings is 1. The largest absolute Gasteiger partial charge is 0.516 e. The second-order valence-corrected chi connectivity index (χ2v) is 7.40. The van der Waals surface area contributed by atoms with Gasteiger partial charge in [-0.2, -0.15) is 0 Å². The molecule has 1 fully saturated rings. The van der Waals surface area contributed by atoms with Crippen LogP contribution in [0.25, 0.3) is 0 Å². The van der Waals surface area contributed by atoms with Crippen LogP contribution < -0.4 is 11.1 Å². The Kier molecular flexibility index (Phi) is 8.87. The van der Waals surface area contributed by atoms with Gasteiger partial charge in [0.25, 0.3) is 0 Å².